The third-order valence-electron chi connectivity index (χ3n) is 3.33. The zero-order valence-electron chi connectivity index (χ0n) is 11.1. The number of hydrogen-bond donors (Lipinski definition) is 1. The molecule has 20 heavy (non-hydrogen) atoms. The van der Waals surface area contributed by atoms with Gasteiger partial charge in [0, 0.05) is 35.1 Å². The lowest BCUT2D eigenvalue weighted by atomic mass is 10.2. The predicted molar refractivity (Wildman–Crippen MR) is 85.9 cm³/mol. The molecule has 1 aromatic heterocycles. The van der Waals surface area contributed by atoms with E-state index in [1.54, 1.807) is 11.3 Å². The van der Waals surface area contributed by atoms with Crippen LogP contribution in [0.15, 0.2) is 34.1 Å². The molecule has 0 saturated carbocycles. The van der Waals surface area contributed by atoms with Gasteiger partial charge in [0.05, 0.1) is 11.8 Å². The number of thiazole rings is 1. The lowest BCUT2D eigenvalue weighted by Crippen LogP contribution is -2.25. The number of nitrogens with zero attached hydrogens (tertiary/aromatic N) is 1. The molecule has 2 aromatic rings. The van der Waals surface area contributed by atoms with Crippen molar-refractivity contribution in [1.29, 1.82) is 0 Å². The van der Waals surface area contributed by atoms with Gasteiger partial charge in [-0.2, -0.15) is 0 Å². The van der Waals surface area contributed by atoms with E-state index in [0.717, 1.165) is 40.4 Å². The minimum atomic E-state index is 0.387. The van der Waals surface area contributed by atoms with Crippen LogP contribution in [0.5, 0.6) is 0 Å². The Hall–Kier alpha value is -0.750. The fourth-order valence-electron chi connectivity index (χ4n) is 2.31. The van der Waals surface area contributed by atoms with Crippen LogP contribution in [0.3, 0.4) is 0 Å². The number of ether oxygens (including phenoxy) is 1. The fraction of sp³-hybridized carbons (Fsp3) is 0.400. The van der Waals surface area contributed by atoms with Crippen LogP contribution >= 0.6 is 27.3 Å². The average molecular weight is 353 g/mol. The third-order valence-corrected chi connectivity index (χ3v) is 4.76. The van der Waals surface area contributed by atoms with E-state index >= 15 is 0 Å². The molecule has 0 spiro atoms. The van der Waals surface area contributed by atoms with Crippen LogP contribution in [-0.2, 0) is 11.3 Å². The summed E-state index contributed by atoms with van der Waals surface area (Å²) in [6, 6.07) is 8.26. The van der Waals surface area contributed by atoms with Crippen LogP contribution in [0.4, 0.5) is 0 Å². The maximum Gasteiger partial charge on any atom is 0.123 e. The van der Waals surface area contributed by atoms with Crippen LogP contribution in [0.2, 0.25) is 0 Å². The molecule has 1 fully saturated rings. The van der Waals surface area contributed by atoms with E-state index in [-0.39, 0.29) is 0 Å². The van der Waals surface area contributed by atoms with Crippen molar-refractivity contribution in [3.8, 4) is 10.6 Å². The van der Waals surface area contributed by atoms with Gasteiger partial charge in [0.25, 0.3) is 0 Å². The predicted octanol–water partition coefficient (Wildman–Crippen LogP) is 3.84. The van der Waals surface area contributed by atoms with Gasteiger partial charge in [-0.15, -0.1) is 11.3 Å². The Morgan fingerprint density at radius 1 is 1.45 bits per heavy atom. The summed E-state index contributed by atoms with van der Waals surface area (Å²) in [5, 5.41) is 6.62. The summed E-state index contributed by atoms with van der Waals surface area (Å²) in [4.78, 5) is 4.68. The van der Waals surface area contributed by atoms with E-state index in [1.807, 2.05) is 12.1 Å². The van der Waals surface area contributed by atoms with Crippen LogP contribution < -0.4 is 5.32 Å². The molecule has 3 nitrogen and oxygen atoms in total. The SMILES string of the molecule is Brc1cccc(-c2nc(CNCC3CCCO3)cs2)c1. The first-order chi connectivity index (χ1) is 9.81. The van der Waals surface area contributed by atoms with E-state index in [4.69, 9.17) is 4.74 Å². The summed E-state index contributed by atoms with van der Waals surface area (Å²) in [7, 11) is 0. The molecule has 3 rings (SSSR count). The summed E-state index contributed by atoms with van der Waals surface area (Å²) < 4.78 is 6.68. The first kappa shape index (κ1) is 14.2. The van der Waals surface area contributed by atoms with Crippen molar-refractivity contribution in [3.63, 3.8) is 0 Å². The van der Waals surface area contributed by atoms with Crippen molar-refractivity contribution in [2.75, 3.05) is 13.2 Å². The maximum absolute atomic E-state index is 5.59. The van der Waals surface area contributed by atoms with Crippen molar-refractivity contribution in [2.24, 2.45) is 0 Å². The molecule has 1 saturated heterocycles. The molecule has 0 aliphatic carbocycles. The van der Waals surface area contributed by atoms with E-state index in [2.05, 4.69) is 43.7 Å². The molecule has 5 heteroatoms. The smallest absolute Gasteiger partial charge is 0.123 e. The van der Waals surface area contributed by atoms with Gasteiger partial charge >= 0.3 is 0 Å². The standard InChI is InChI=1S/C15H17BrN2OS/c16-12-4-1-3-11(7-12)15-18-13(10-20-15)8-17-9-14-5-2-6-19-14/h1,3-4,7,10,14,17H,2,5-6,8-9H2. The quantitative estimate of drug-likeness (QED) is 0.887. The van der Waals surface area contributed by atoms with Crippen LogP contribution in [0.1, 0.15) is 18.5 Å². The molecule has 2 heterocycles. The molecule has 0 radical (unpaired) electrons. The average Bonchev–Trinajstić information content (AvgIpc) is 3.10. The molecule has 1 aliphatic heterocycles. The molecule has 1 unspecified atom stereocenters. The molecule has 106 valence electrons. The second-order valence-electron chi connectivity index (χ2n) is 4.92. The van der Waals surface area contributed by atoms with E-state index in [9.17, 15) is 0 Å². The summed E-state index contributed by atoms with van der Waals surface area (Å²) in [5.74, 6) is 0. The number of aromatic nitrogens is 1. The van der Waals surface area contributed by atoms with Crippen molar-refractivity contribution < 1.29 is 4.74 Å². The lowest BCUT2D eigenvalue weighted by molar-refractivity contribution is 0.110. The van der Waals surface area contributed by atoms with Crippen LogP contribution in [-0.4, -0.2) is 24.2 Å². The minimum Gasteiger partial charge on any atom is -0.377 e. The van der Waals surface area contributed by atoms with Crippen molar-refractivity contribution in [2.45, 2.75) is 25.5 Å². The zero-order chi connectivity index (χ0) is 13.8. The van der Waals surface area contributed by atoms with Gasteiger partial charge in [0.1, 0.15) is 5.01 Å². The number of nitrogens with one attached hydrogen (secondary N) is 1. The highest BCUT2D eigenvalue weighted by Crippen LogP contribution is 2.26. The number of halogens is 1. The van der Waals surface area contributed by atoms with Gasteiger partial charge in [0.2, 0.25) is 0 Å². The van der Waals surface area contributed by atoms with Crippen molar-refractivity contribution >= 4 is 27.3 Å². The largest absolute Gasteiger partial charge is 0.377 e. The highest BCUT2D eigenvalue weighted by atomic mass is 79.9. The highest BCUT2D eigenvalue weighted by molar-refractivity contribution is 9.10. The summed E-state index contributed by atoms with van der Waals surface area (Å²) in [6.45, 7) is 2.64. The Kier molecular flexibility index (Phi) is 4.83. The van der Waals surface area contributed by atoms with Gasteiger partial charge in [-0.05, 0) is 25.0 Å². The Labute approximate surface area is 131 Å². The minimum absolute atomic E-state index is 0.387. The molecule has 0 amide bonds. The Morgan fingerprint density at radius 2 is 2.40 bits per heavy atom. The molecular formula is C15H17BrN2OS. The van der Waals surface area contributed by atoms with Crippen LogP contribution in [0, 0.1) is 0 Å². The Balaban J connectivity index is 1.56. The summed E-state index contributed by atoms with van der Waals surface area (Å²) >= 11 is 5.19. The molecule has 1 atom stereocenters. The summed E-state index contributed by atoms with van der Waals surface area (Å²) in [5.41, 5.74) is 2.26. The Morgan fingerprint density at radius 3 is 3.20 bits per heavy atom. The fourth-order valence-corrected chi connectivity index (χ4v) is 3.52. The molecule has 1 aromatic carbocycles. The lowest BCUT2D eigenvalue weighted by Gasteiger charge is -2.09. The van der Waals surface area contributed by atoms with E-state index in [0.29, 0.717) is 6.10 Å². The topological polar surface area (TPSA) is 34.2 Å². The molecule has 1 N–H and O–H groups in total. The molecular weight excluding hydrogens is 336 g/mol. The van der Waals surface area contributed by atoms with Crippen molar-refractivity contribution in [1.82, 2.24) is 10.3 Å². The van der Waals surface area contributed by atoms with Gasteiger partial charge in [-0.3, -0.25) is 0 Å². The molecule has 0 bridgehead atoms. The highest BCUT2D eigenvalue weighted by Gasteiger charge is 2.14. The third kappa shape index (κ3) is 3.67. The van der Waals surface area contributed by atoms with Gasteiger partial charge < -0.3 is 10.1 Å². The Bertz CT molecular complexity index is 567. The second-order valence-corrected chi connectivity index (χ2v) is 6.69. The normalized spacial score (nSPS) is 18.6. The van der Waals surface area contributed by atoms with E-state index in [1.165, 1.54) is 12.8 Å². The van der Waals surface area contributed by atoms with E-state index < -0.39 is 0 Å². The maximum atomic E-state index is 5.59. The summed E-state index contributed by atoms with van der Waals surface area (Å²) in [6.07, 6.45) is 2.75. The second kappa shape index (κ2) is 6.80. The van der Waals surface area contributed by atoms with Crippen molar-refractivity contribution in [3.05, 3.63) is 39.8 Å². The van der Waals surface area contributed by atoms with Crippen LogP contribution in [0.25, 0.3) is 10.6 Å². The zero-order valence-corrected chi connectivity index (χ0v) is 13.5. The van der Waals surface area contributed by atoms with Gasteiger partial charge in [-0.25, -0.2) is 4.98 Å². The van der Waals surface area contributed by atoms with Gasteiger partial charge in [-0.1, -0.05) is 28.1 Å². The number of benzene rings is 1. The molecule has 1 aliphatic rings. The number of rotatable bonds is 5. The monoisotopic (exact) mass is 352 g/mol. The van der Waals surface area contributed by atoms with Gasteiger partial charge in [0.15, 0.2) is 0 Å². The number of hydrogen-bond acceptors (Lipinski definition) is 4. The first-order valence-corrected chi connectivity index (χ1v) is 8.51. The first-order valence-electron chi connectivity index (χ1n) is 6.84.